The topological polar surface area (TPSA) is 125 Å². The molecule has 3 N–H and O–H groups in total. The van der Waals surface area contributed by atoms with E-state index in [-0.39, 0.29) is 17.0 Å². The second kappa shape index (κ2) is 8.56. The van der Waals surface area contributed by atoms with Gasteiger partial charge in [0, 0.05) is 34.3 Å². The fourth-order valence-corrected chi connectivity index (χ4v) is 5.21. The number of aromatic amines is 2. The molecule has 6 aromatic heterocycles. The molecule has 1 amide bonds. The van der Waals surface area contributed by atoms with Crippen LogP contribution in [0, 0.1) is 11.0 Å². The van der Waals surface area contributed by atoms with Gasteiger partial charge in [-0.1, -0.05) is 6.42 Å². The van der Waals surface area contributed by atoms with Crippen LogP contribution in [0.1, 0.15) is 19.3 Å². The van der Waals surface area contributed by atoms with Gasteiger partial charge in [-0.25, -0.2) is 9.97 Å². The lowest BCUT2D eigenvalue weighted by molar-refractivity contribution is -0.122. The maximum atomic E-state index is 13.7. The minimum Gasteiger partial charge on any atom is -0.335 e. The van der Waals surface area contributed by atoms with Crippen molar-refractivity contribution in [3.8, 4) is 33.2 Å². The number of pyridine rings is 3. The smallest absolute Gasteiger partial charge is 0.227 e. The van der Waals surface area contributed by atoms with Crippen molar-refractivity contribution in [2.24, 2.45) is 5.92 Å². The largest absolute Gasteiger partial charge is 0.335 e. The van der Waals surface area contributed by atoms with Crippen LogP contribution < -0.4 is 5.32 Å². The van der Waals surface area contributed by atoms with Crippen molar-refractivity contribution in [1.29, 1.82) is 0 Å². The van der Waals surface area contributed by atoms with Gasteiger partial charge in [0.2, 0.25) is 5.91 Å². The molecular formula is C26H19FN8OS. The number of nitrogens with zero attached hydrogens (tertiary/aromatic N) is 5. The van der Waals surface area contributed by atoms with Gasteiger partial charge in [0.25, 0.3) is 0 Å². The molecule has 6 heterocycles. The Morgan fingerprint density at radius 2 is 1.89 bits per heavy atom. The number of hydrogen-bond donors (Lipinski definition) is 3. The van der Waals surface area contributed by atoms with Crippen LogP contribution in [0.15, 0.2) is 55.1 Å². The lowest BCUT2D eigenvalue weighted by Crippen LogP contribution is -2.28. The van der Waals surface area contributed by atoms with E-state index in [1.165, 1.54) is 6.07 Å². The molecule has 7 rings (SSSR count). The van der Waals surface area contributed by atoms with Crippen LogP contribution in [0.3, 0.4) is 0 Å². The van der Waals surface area contributed by atoms with Crippen LogP contribution in [0.5, 0.6) is 0 Å². The number of thiophene rings is 1. The quantitative estimate of drug-likeness (QED) is 0.279. The van der Waals surface area contributed by atoms with Crippen molar-refractivity contribution in [3.63, 3.8) is 0 Å². The SMILES string of the molecule is O=C(Nc1cncc(-c2ccc3[nH]nc(-c4nc5c(-c6ccc(F)s6)cncc5[nH]4)c3n2)c1)C1CCC1. The van der Waals surface area contributed by atoms with Crippen LogP contribution in [0.2, 0.25) is 0 Å². The van der Waals surface area contributed by atoms with E-state index >= 15 is 0 Å². The zero-order valence-corrected chi connectivity index (χ0v) is 20.1. The number of carbonyl (C=O) groups excluding carboxylic acids is 1. The Balaban J connectivity index is 1.26. The molecule has 9 nitrogen and oxygen atoms in total. The number of fused-ring (bicyclic) bond motifs is 2. The van der Waals surface area contributed by atoms with Crippen molar-refractivity contribution in [3.05, 3.63) is 60.3 Å². The molecule has 11 heteroatoms. The third-order valence-corrected chi connectivity index (χ3v) is 7.55. The summed E-state index contributed by atoms with van der Waals surface area (Å²) in [7, 11) is 0. The van der Waals surface area contributed by atoms with Crippen LogP contribution in [0.25, 0.3) is 55.3 Å². The summed E-state index contributed by atoms with van der Waals surface area (Å²) in [5.74, 6) is 0.650. The molecule has 1 fully saturated rings. The second-order valence-electron chi connectivity index (χ2n) is 9.02. The molecule has 1 saturated carbocycles. The third kappa shape index (κ3) is 3.84. The van der Waals surface area contributed by atoms with E-state index in [1.807, 2.05) is 18.2 Å². The monoisotopic (exact) mass is 510 g/mol. The molecule has 6 aromatic rings. The average molecular weight is 511 g/mol. The van der Waals surface area contributed by atoms with Crippen molar-refractivity contribution in [2.45, 2.75) is 19.3 Å². The van der Waals surface area contributed by atoms with E-state index in [0.29, 0.717) is 39.4 Å². The van der Waals surface area contributed by atoms with Crippen molar-refractivity contribution in [2.75, 3.05) is 5.32 Å². The molecule has 0 radical (unpaired) electrons. The van der Waals surface area contributed by atoms with E-state index in [0.717, 1.165) is 52.1 Å². The molecule has 0 unspecified atom stereocenters. The fraction of sp³-hybridized carbons (Fsp3) is 0.154. The molecule has 1 aliphatic carbocycles. The highest BCUT2D eigenvalue weighted by Gasteiger charge is 2.25. The molecule has 0 saturated heterocycles. The van der Waals surface area contributed by atoms with Crippen LogP contribution in [-0.2, 0) is 4.79 Å². The van der Waals surface area contributed by atoms with Crippen LogP contribution in [0.4, 0.5) is 10.1 Å². The summed E-state index contributed by atoms with van der Waals surface area (Å²) < 4.78 is 13.7. The molecule has 37 heavy (non-hydrogen) atoms. The molecule has 182 valence electrons. The molecule has 1 aliphatic rings. The Kier molecular flexibility index (Phi) is 5.03. The summed E-state index contributed by atoms with van der Waals surface area (Å²) in [6.07, 6.45) is 9.69. The minimum atomic E-state index is -0.265. The summed E-state index contributed by atoms with van der Waals surface area (Å²) in [5, 5.41) is 10.2. The number of carbonyl (C=O) groups is 1. The van der Waals surface area contributed by atoms with Gasteiger partial charge >= 0.3 is 0 Å². The number of halogens is 1. The number of aromatic nitrogens is 7. The molecule has 0 atom stereocenters. The van der Waals surface area contributed by atoms with Gasteiger partial charge in [-0.2, -0.15) is 9.49 Å². The Hall–Kier alpha value is -4.51. The van der Waals surface area contributed by atoms with Crippen LogP contribution >= 0.6 is 11.3 Å². The van der Waals surface area contributed by atoms with Gasteiger partial charge in [0.05, 0.1) is 34.8 Å². The normalized spacial score (nSPS) is 13.8. The van der Waals surface area contributed by atoms with Crippen molar-refractivity contribution >= 4 is 45.0 Å². The van der Waals surface area contributed by atoms with Crippen molar-refractivity contribution < 1.29 is 9.18 Å². The summed E-state index contributed by atoms with van der Waals surface area (Å²) in [4.78, 5) is 34.6. The van der Waals surface area contributed by atoms with E-state index in [4.69, 9.17) is 9.97 Å². The number of H-pyrrole nitrogens is 2. The number of hydrogen-bond acceptors (Lipinski definition) is 7. The Labute approximate surface area is 213 Å². The van der Waals surface area contributed by atoms with Gasteiger partial charge in [0.15, 0.2) is 16.6 Å². The van der Waals surface area contributed by atoms with Gasteiger partial charge in [-0.3, -0.25) is 19.9 Å². The number of amides is 1. The van der Waals surface area contributed by atoms with E-state index in [9.17, 15) is 9.18 Å². The number of imidazole rings is 1. The predicted octanol–water partition coefficient (Wildman–Crippen LogP) is 5.56. The summed E-state index contributed by atoms with van der Waals surface area (Å²) in [6, 6.07) is 8.81. The fourth-order valence-electron chi connectivity index (χ4n) is 4.47. The first-order chi connectivity index (χ1) is 18.1. The number of rotatable bonds is 5. The standard InChI is InChI=1S/C26H19FN8OS/c27-21-7-6-20(37-21)16-11-29-12-19-22(16)33-25(32-19)24-23-18(34-35-24)5-4-17(31-23)14-8-15(10-28-9-14)30-26(36)13-2-1-3-13/h4-13H,1-3H2,(H,30,36)(H,32,33)(H,34,35). The van der Waals surface area contributed by atoms with Gasteiger partial charge in [0.1, 0.15) is 11.0 Å². The lowest BCUT2D eigenvalue weighted by Gasteiger charge is -2.24. The first kappa shape index (κ1) is 21.7. The Morgan fingerprint density at radius 1 is 1.00 bits per heavy atom. The maximum absolute atomic E-state index is 13.7. The highest BCUT2D eigenvalue weighted by Crippen LogP contribution is 2.34. The Bertz CT molecular complexity index is 1800. The highest BCUT2D eigenvalue weighted by molar-refractivity contribution is 7.14. The first-order valence-electron chi connectivity index (χ1n) is 11.8. The average Bonchev–Trinajstić information content (AvgIpc) is 3.60. The number of anilines is 1. The van der Waals surface area contributed by atoms with Gasteiger partial charge in [-0.05, 0) is 43.2 Å². The second-order valence-corrected chi connectivity index (χ2v) is 10.1. The third-order valence-electron chi connectivity index (χ3n) is 6.64. The maximum Gasteiger partial charge on any atom is 0.227 e. The van der Waals surface area contributed by atoms with E-state index < -0.39 is 0 Å². The van der Waals surface area contributed by atoms with E-state index in [1.54, 1.807) is 30.9 Å². The van der Waals surface area contributed by atoms with Crippen molar-refractivity contribution in [1.82, 2.24) is 35.1 Å². The molecule has 0 aromatic carbocycles. The zero-order chi connectivity index (χ0) is 24.9. The zero-order valence-electron chi connectivity index (χ0n) is 19.3. The molecule has 0 spiro atoms. The highest BCUT2D eigenvalue weighted by atomic mass is 32.1. The lowest BCUT2D eigenvalue weighted by atomic mass is 9.85. The Morgan fingerprint density at radius 3 is 2.70 bits per heavy atom. The van der Waals surface area contributed by atoms with Gasteiger partial charge in [-0.15, -0.1) is 11.3 Å². The molecule has 0 bridgehead atoms. The molecule has 0 aliphatic heterocycles. The summed E-state index contributed by atoms with van der Waals surface area (Å²) in [5.41, 5.74) is 6.19. The van der Waals surface area contributed by atoms with E-state index in [2.05, 4.69) is 30.5 Å². The predicted molar refractivity (Wildman–Crippen MR) is 139 cm³/mol. The minimum absolute atomic E-state index is 0.0368. The summed E-state index contributed by atoms with van der Waals surface area (Å²) in [6.45, 7) is 0. The number of nitrogens with one attached hydrogen (secondary N) is 3. The van der Waals surface area contributed by atoms with Crippen LogP contribution in [-0.4, -0.2) is 41.0 Å². The first-order valence-corrected chi connectivity index (χ1v) is 12.7. The molecular weight excluding hydrogens is 491 g/mol. The van der Waals surface area contributed by atoms with Gasteiger partial charge < -0.3 is 10.3 Å². The summed E-state index contributed by atoms with van der Waals surface area (Å²) >= 11 is 1.05.